The highest BCUT2D eigenvalue weighted by atomic mass is 19.4. The zero-order valence-electron chi connectivity index (χ0n) is 21.0. The van der Waals surface area contributed by atoms with Gasteiger partial charge in [-0.25, -0.2) is 23.9 Å². The number of aromatic nitrogens is 8. The van der Waals surface area contributed by atoms with Crippen molar-refractivity contribution in [2.24, 2.45) is 7.05 Å². The quantitative estimate of drug-likeness (QED) is 0.264. The van der Waals surface area contributed by atoms with E-state index in [1.54, 1.807) is 0 Å². The molecular weight excluding hydrogens is 558 g/mol. The van der Waals surface area contributed by atoms with Gasteiger partial charge in [0.25, 0.3) is 5.56 Å². The Labute approximate surface area is 225 Å². The van der Waals surface area contributed by atoms with Crippen LogP contribution in [0.25, 0.3) is 28.6 Å². The number of hydrogen-bond donors (Lipinski definition) is 0. The third-order valence-electron chi connectivity index (χ3n) is 6.49. The van der Waals surface area contributed by atoms with Gasteiger partial charge in [0, 0.05) is 31.4 Å². The molecule has 0 unspecified atom stereocenters. The molecule has 1 aliphatic carbocycles. The van der Waals surface area contributed by atoms with Crippen molar-refractivity contribution in [2.45, 2.75) is 38.1 Å². The highest BCUT2D eigenvalue weighted by molar-refractivity contribution is 5.67. The number of aryl methyl sites for hydroxylation is 1. The van der Waals surface area contributed by atoms with Gasteiger partial charge in [-0.3, -0.25) is 9.36 Å². The van der Waals surface area contributed by atoms with Crippen LogP contribution in [0.2, 0.25) is 0 Å². The molecule has 0 aliphatic heterocycles. The van der Waals surface area contributed by atoms with Crippen molar-refractivity contribution < 1.29 is 31.1 Å². The van der Waals surface area contributed by atoms with E-state index in [1.807, 2.05) is 0 Å². The van der Waals surface area contributed by atoms with Gasteiger partial charge in [0.15, 0.2) is 11.5 Å². The zero-order valence-corrected chi connectivity index (χ0v) is 21.0. The van der Waals surface area contributed by atoms with Crippen molar-refractivity contribution in [3.63, 3.8) is 0 Å². The van der Waals surface area contributed by atoms with Crippen molar-refractivity contribution in [3.8, 4) is 28.7 Å². The fraction of sp³-hybridized carbons (Fsp3) is 0.280. The van der Waals surface area contributed by atoms with Crippen LogP contribution in [0.5, 0.6) is 5.88 Å². The number of alkyl halides is 5. The number of nitrogens with zero attached hydrogens (tertiary/aromatic N) is 8. The Bertz CT molecular complexity index is 1840. The molecule has 16 heteroatoms. The fourth-order valence-corrected chi connectivity index (χ4v) is 4.48. The molecule has 41 heavy (non-hydrogen) atoms. The first kappa shape index (κ1) is 26.5. The molecule has 0 saturated heterocycles. The van der Waals surface area contributed by atoms with E-state index in [2.05, 4.69) is 29.8 Å². The predicted octanol–water partition coefficient (Wildman–Crippen LogP) is 4.43. The van der Waals surface area contributed by atoms with Crippen molar-refractivity contribution >= 4 is 5.78 Å². The van der Waals surface area contributed by atoms with E-state index >= 15 is 4.39 Å². The van der Waals surface area contributed by atoms with Crippen LogP contribution in [-0.2, 0) is 19.8 Å². The van der Waals surface area contributed by atoms with Crippen LogP contribution in [0, 0.1) is 5.82 Å². The molecule has 0 N–H and O–H groups in total. The number of imidazole rings is 1. The summed E-state index contributed by atoms with van der Waals surface area (Å²) in [5.74, 6) is -1.50. The number of rotatable bonds is 7. The molecule has 1 fully saturated rings. The van der Waals surface area contributed by atoms with E-state index in [4.69, 9.17) is 0 Å². The second kappa shape index (κ2) is 9.71. The SMILES string of the molecule is Cn1cc(C(F)(F)F)nc1-c1ccc(Cn2c(=O)ccn3nc(-c4c(OC(F)F)ncnc4C4CC4)nc23)cc1F. The van der Waals surface area contributed by atoms with Crippen molar-refractivity contribution in [1.82, 2.24) is 38.7 Å². The topological polar surface area (TPSA) is 105 Å². The first-order chi connectivity index (χ1) is 19.5. The third kappa shape index (κ3) is 5.00. The van der Waals surface area contributed by atoms with E-state index < -0.39 is 35.7 Å². The van der Waals surface area contributed by atoms with Crippen molar-refractivity contribution in [2.75, 3.05) is 0 Å². The maximum atomic E-state index is 15.1. The molecule has 5 aromatic rings. The second-order valence-electron chi connectivity index (χ2n) is 9.38. The lowest BCUT2D eigenvalue weighted by atomic mass is 10.1. The Morgan fingerprint density at radius 3 is 2.56 bits per heavy atom. The summed E-state index contributed by atoms with van der Waals surface area (Å²) < 4.78 is 88.6. The van der Waals surface area contributed by atoms with Gasteiger partial charge < -0.3 is 9.30 Å². The summed E-state index contributed by atoms with van der Waals surface area (Å²) in [6.07, 6.45) is 0.0910. The monoisotopic (exact) mass is 576 g/mol. The van der Waals surface area contributed by atoms with E-state index in [0.717, 1.165) is 36.0 Å². The van der Waals surface area contributed by atoms with Crippen LogP contribution >= 0.6 is 0 Å². The molecule has 212 valence electrons. The van der Waals surface area contributed by atoms with Crippen molar-refractivity contribution in [1.29, 1.82) is 0 Å². The summed E-state index contributed by atoms with van der Waals surface area (Å²) in [4.78, 5) is 28.8. The number of hydrogen-bond acceptors (Lipinski definition) is 7. The summed E-state index contributed by atoms with van der Waals surface area (Å²) in [7, 11) is 1.32. The standard InChI is InChI=1S/C25H18F6N8O2/c1-37-10-16(25(29,30)31)34-21(37)14-5-2-12(8-15(14)26)9-38-17(40)6-7-39-24(38)35-20(36-39)18-19(13-3-4-13)32-11-33-22(18)41-23(27)28/h2,5-8,10-11,13,23H,3-4,9H2,1H3. The Hall–Kier alpha value is -4.76. The van der Waals surface area contributed by atoms with E-state index in [1.165, 1.54) is 40.5 Å². The number of halogens is 6. The Morgan fingerprint density at radius 2 is 1.90 bits per heavy atom. The van der Waals surface area contributed by atoms with E-state index in [9.17, 15) is 26.7 Å². The molecule has 1 aromatic carbocycles. The second-order valence-corrected chi connectivity index (χ2v) is 9.38. The zero-order chi connectivity index (χ0) is 29.1. The minimum Gasteiger partial charge on any atom is -0.416 e. The normalized spacial score (nSPS) is 13.9. The molecule has 10 nitrogen and oxygen atoms in total. The molecule has 0 radical (unpaired) electrons. The van der Waals surface area contributed by atoms with Gasteiger partial charge in [0.05, 0.1) is 17.8 Å². The molecule has 0 spiro atoms. The summed E-state index contributed by atoms with van der Waals surface area (Å²) >= 11 is 0. The Balaban J connectivity index is 1.38. The fourth-order valence-electron chi connectivity index (χ4n) is 4.48. The van der Waals surface area contributed by atoms with E-state index in [-0.39, 0.29) is 41.0 Å². The maximum absolute atomic E-state index is 15.1. The van der Waals surface area contributed by atoms with Crippen LogP contribution in [-0.4, -0.2) is 45.3 Å². The highest BCUT2D eigenvalue weighted by Gasteiger charge is 2.35. The lowest BCUT2D eigenvalue weighted by molar-refractivity contribution is -0.140. The van der Waals surface area contributed by atoms with Gasteiger partial charge in [-0.1, -0.05) is 6.07 Å². The molecule has 0 bridgehead atoms. The molecule has 6 rings (SSSR count). The molecular formula is C25H18F6N8O2. The van der Waals surface area contributed by atoms with Gasteiger partial charge in [0.1, 0.15) is 23.5 Å². The molecule has 4 heterocycles. The Kier molecular flexibility index (Phi) is 6.26. The smallest absolute Gasteiger partial charge is 0.416 e. The minimum absolute atomic E-state index is 0.00533. The van der Waals surface area contributed by atoms with Gasteiger partial charge in [0.2, 0.25) is 11.7 Å². The average Bonchev–Trinajstić information content (AvgIpc) is 3.54. The summed E-state index contributed by atoms with van der Waals surface area (Å²) in [6, 6.07) is 4.99. The summed E-state index contributed by atoms with van der Waals surface area (Å²) in [5, 5.41) is 4.33. The average molecular weight is 576 g/mol. The third-order valence-corrected chi connectivity index (χ3v) is 6.49. The van der Waals surface area contributed by atoms with Crippen LogP contribution in [0.4, 0.5) is 26.3 Å². The van der Waals surface area contributed by atoms with Gasteiger partial charge in [-0.05, 0) is 30.5 Å². The largest absolute Gasteiger partial charge is 0.434 e. The summed E-state index contributed by atoms with van der Waals surface area (Å²) in [6.45, 7) is -3.34. The number of benzene rings is 1. The summed E-state index contributed by atoms with van der Waals surface area (Å²) in [5.41, 5.74) is -1.02. The molecule has 1 saturated carbocycles. The molecule has 4 aromatic heterocycles. The number of ether oxygens (including phenoxy) is 1. The van der Waals surface area contributed by atoms with Crippen LogP contribution in [0.15, 0.2) is 47.8 Å². The van der Waals surface area contributed by atoms with Crippen LogP contribution in [0.3, 0.4) is 0 Å². The number of fused-ring (bicyclic) bond motifs is 1. The molecule has 0 atom stereocenters. The van der Waals surface area contributed by atoms with Gasteiger partial charge in [-0.2, -0.15) is 26.9 Å². The molecule has 0 amide bonds. The predicted molar refractivity (Wildman–Crippen MR) is 130 cm³/mol. The van der Waals surface area contributed by atoms with Gasteiger partial charge in [-0.15, -0.1) is 5.10 Å². The highest BCUT2D eigenvalue weighted by Crippen LogP contribution is 2.45. The first-order valence-electron chi connectivity index (χ1n) is 12.1. The molecule has 1 aliphatic rings. The lowest BCUT2D eigenvalue weighted by Crippen LogP contribution is -2.22. The van der Waals surface area contributed by atoms with Gasteiger partial charge >= 0.3 is 12.8 Å². The lowest BCUT2D eigenvalue weighted by Gasteiger charge is -2.10. The van der Waals surface area contributed by atoms with E-state index in [0.29, 0.717) is 11.3 Å². The first-order valence-corrected chi connectivity index (χ1v) is 12.1. The minimum atomic E-state index is -4.69. The van der Waals surface area contributed by atoms with Crippen LogP contribution in [0.1, 0.15) is 35.7 Å². The maximum Gasteiger partial charge on any atom is 0.434 e. The van der Waals surface area contributed by atoms with Crippen molar-refractivity contribution in [3.05, 3.63) is 76.1 Å². The Morgan fingerprint density at radius 1 is 1.12 bits per heavy atom. The van der Waals surface area contributed by atoms with Crippen LogP contribution < -0.4 is 10.3 Å².